The summed E-state index contributed by atoms with van der Waals surface area (Å²) in [4.78, 5) is 6.98. The minimum atomic E-state index is -3.82. The molecule has 1 fully saturated rings. The van der Waals surface area contributed by atoms with Crippen molar-refractivity contribution in [1.29, 1.82) is 0 Å². The Hall–Kier alpha value is -2.72. The summed E-state index contributed by atoms with van der Waals surface area (Å²) in [5.41, 5.74) is 2.99. The number of halogens is 4. The molecule has 5 aromatic rings. The van der Waals surface area contributed by atoms with E-state index in [0.29, 0.717) is 33.5 Å². The first kappa shape index (κ1) is 46.7. The highest BCUT2D eigenvalue weighted by Crippen LogP contribution is 2.38. The zero-order valence-electron chi connectivity index (χ0n) is 31.2. The normalized spacial score (nSPS) is 13.5. The van der Waals surface area contributed by atoms with E-state index in [1.165, 1.54) is 11.3 Å². The molecule has 1 saturated heterocycles. The number of fused-ring (bicyclic) bond motifs is 2. The van der Waals surface area contributed by atoms with Crippen LogP contribution in [-0.4, -0.2) is 82.2 Å². The van der Waals surface area contributed by atoms with Crippen LogP contribution in [0.2, 0.25) is 5.02 Å². The quantitative estimate of drug-likeness (QED) is 0.100. The van der Waals surface area contributed by atoms with E-state index in [0.717, 1.165) is 90.6 Å². The number of rotatable bonds is 15. The number of piperazine rings is 1. The Balaban J connectivity index is 0.00000271. The van der Waals surface area contributed by atoms with Gasteiger partial charge in [0.15, 0.2) is 0 Å². The summed E-state index contributed by atoms with van der Waals surface area (Å²) in [6.07, 6.45) is 3.77. The number of aryl methyl sites for hydroxylation is 1. The summed E-state index contributed by atoms with van der Waals surface area (Å²) >= 11 is 7.41. The predicted molar refractivity (Wildman–Crippen MR) is 238 cm³/mol. The Bertz CT molecular complexity index is 2280. The van der Waals surface area contributed by atoms with E-state index in [-0.39, 0.29) is 41.4 Å². The number of benzene rings is 4. The van der Waals surface area contributed by atoms with Crippen molar-refractivity contribution >= 4 is 118 Å². The van der Waals surface area contributed by atoms with E-state index in [4.69, 9.17) is 16.3 Å². The number of sulfonamides is 2. The number of ether oxygens (including phenoxy) is 1. The molecule has 0 spiro atoms. The van der Waals surface area contributed by atoms with Crippen LogP contribution in [0, 0.1) is 6.92 Å². The maximum absolute atomic E-state index is 13.5. The van der Waals surface area contributed by atoms with Crippen molar-refractivity contribution in [3.05, 3.63) is 83.4 Å². The van der Waals surface area contributed by atoms with Gasteiger partial charge < -0.3 is 14.5 Å². The number of nitrogens with zero attached hydrogens (tertiary/aromatic N) is 3. The molecule has 17 heteroatoms. The van der Waals surface area contributed by atoms with Gasteiger partial charge in [-0.15, -0.1) is 48.6 Å². The Morgan fingerprint density at radius 1 is 0.800 bits per heavy atom. The first-order chi connectivity index (χ1) is 24.9. The van der Waals surface area contributed by atoms with Crippen molar-refractivity contribution in [3.63, 3.8) is 0 Å². The van der Waals surface area contributed by atoms with Crippen LogP contribution in [0.4, 0.5) is 17.1 Å². The Morgan fingerprint density at radius 2 is 1.49 bits per heavy atom. The number of methoxy groups -OCH3 is 1. The van der Waals surface area contributed by atoms with Crippen molar-refractivity contribution in [1.82, 2.24) is 9.62 Å². The summed E-state index contributed by atoms with van der Waals surface area (Å²) in [6.45, 7) is 6.51. The van der Waals surface area contributed by atoms with Gasteiger partial charge in [-0.2, -0.15) is 0 Å². The van der Waals surface area contributed by atoms with E-state index < -0.39 is 20.0 Å². The molecule has 0 radical (unpaired) electrons. The Morgan fingerprint density at radius 3 is 2.20 bits per heavy atom. The summed E-state index contributed by atoms with van der Waals surface area (Å²) in [5, 5.41) is 3.05. The maximum Gasteiger partial charge on any atom is 0.271 e. The molecular formula is C38H49Cl4N5O5S3. The molecule has 0 amide bonds. The average Bonchev–Trinajstić information content (AvgIpc) is 3.46. The zero-order chi connectivity index (χ0) is 37.0. The molecule has 1 aliphatic rings. The summed E-state index contributed by atoms with van der Waals surface area (Å²) < 4.78 is 65.8. The molecule has 55 heavy (non-hydrogen) atoms. The van der Waals surface area contributed by atoms with Gasteiger partial charge in [-0.05, 0) is 85.8 Å². The van der Waals surface area contributed by atoms with Crippen molar-refractivity contribution in [2.45, 2.75) is 41.7 Å². The number of nitrogens with one attached hydrogen (secondary N) is 2. The Labute approximate surface area is 352 Å². The molecule has 2 heterocycles. The lowest BCUT2D eigenvalue weighted by Crippen LogP contribution is -2.46. The third kappa shape index (κ3) is 10.8. The van der Waals surface area contributed by atoms with Gasteiger partial charge in [0.1, 0.15) is 9.96 Å². The SMILES string of the molecule is COc1ccc(NS(=O)(=O)c2sc3ccc(Cl)cc3c2C)cc1N1CCN(CCCCCCNS(=O)(=O)c2cccc3c(N(C)C)cccc23)CC1.Cl.Cl.Cl. The molecular weight excluding hydrogens is 844 g/mol. The summed E-state index contributed by atoms with van der Waals surface area (Å²) in [6, 6.07) is 22.0. The third-order valence-corrected chi connectivity index (χ3v) is 14.6. The van der Waals surface area contributed by atoms with Crippen molar-refractivity contribution in [2.75, 3.05) is 75.0 Å². The van der Waals surface area contributed by atoms with Gasteiger partial charge in [0, 0.05) is 73.0 Å². The lowest BCUT2D eigenvalue weighted by molar-refractivity contribution is 0.251. The highest BCUT2D eigenvalue weighted by molar-refractivity contribution is 7.95. The standard InChI is InChI=1S/C38H46ClN5O5S3.3ClH/c1-27-32-25-28(39)15-18-36(32)50-38(27)52(47,48)41-29-16-17-35(49-4)34(26-29)44-23-21-43(22-24-44)20-8-6-5-7-19-40-51(45,46)37-14-10-11-30-31(37)12-9-13-33(30)42(2)3;;;/h9-18,25-26,40-41H,5-8,19-24H2,1-4H3;3*1H. The fourth-order valence-corrected chi connectivity index (χ4v) is 11.1. The van der Waals surface area contributed by atoms with Gasteiger partial charge in [-0.25, -0.2) is 21.6 Å². The van der Waals surface area contributed by atoms with Crippen LogP contribution in [0.1, 0.15) is 31.2 Å². The highest BCUT2D eigenvalue weighted by Gasteiger charge is 2.25. The molecule has 10 nitrogen and oxygen atoms in total. The molecule has 0 atom stereocenters. The lowest BCUT2D eigenvalue weighted by atomic mass is 10.1. The van der Waals surface area contributed by atoms with Gasteiger partial charge in [0.25, 0.3) is 10.0 Å². The Kier molecular flexibility index (Phi) is 17.1. The zero-order valence-corrected chi connectivity index (χ0v) is 36.9. The van der Waals surface area contributed by atoms with Crippen LogP contribution in [0.3, 0.4) is 0 Å². The topological polar surface area (TPSA) is 111 Å². The molecule has 4 aromatic carbocycles. The maximum atomic E-state index is 13.5. The van der Waals surface area contributed by atoms with Crippen molar-refractivity contribution < 1.29 is 21.6 Å². The molecule has 302 valence electrons. The monoisotopic (exact) mass is 891 g/mol. The minimum absolute atomic E-state index is 0. The van der Waals surface area contributed by atoms with E-state index in [1.54, 1.807) is 43.5 Å². The van der Waals surface area contributed by atoms with Gasteiger partial charge in [-0.3, -0.25) is 9.62 Å². The number of anilines is 3. The van der Waals surface area contributed by atoms with Gasteiger partial charge in [0.2, 0.25) is 10.0 Å². The molecule has 0 bridgehead atoms. The van der Waals surface area contributed by atoms with Crippen LogP contribution in [0.15, 0.2) is 81.9 Å². The molecule has 1 aromatic heterocycles. The number of hydrogen-bond acceptors (Lipinski definition) is 9. The minimum Gasteiger partial charge on any atom is -0.495 e. The van der Waals surface area contributed by atoms with Gasteiger partial charge >= 0.3 is 0 Å². The first-order valence-electron chi connectivity index (χ1n) is 17.4. The summed E-state index contributed by atoms with van der Waals surface area (Å²) in [7, 11) is -1.92. The second-order valence-electron chi connectivity index (χ2n) is 13.3. The molecule has 1 aliphatic heterocycles. The molecule has 6 rings (SSSR count). The second-order valence-corrected chi connectivity index (χ2v) is 18.4. The van der Waals surface area contributed by atoms with E-state index in [2.05, 4.69) is 19.2 Å². The van der Waals surface area contributed by atoms with Crippen LogP contribution in [0.5, 0.6) is 5.75 Å². The number of unbranched alkanes of at least 4 members (excludes halogenated alkanes) is 3. The van der Waals surface area contributed by atoms with Crippen LogP contribution >= 0.6 is 60.2 Å². The largest absolute Gasteiger partial charge is 0.495 e. The summed E-state index contributed by atoms with van der Waals surface area (Å²) in [5.74, 6) is 0.693. The van der Waals surface area contributed by atoms with Gasteiger partial charge in [0.05, 0.1) is 23.4 Å². The number of hydrogen-bond donors (Lipinski definition) is 2. The van der Waals surface area contributed by atoms with Crippen LogP contribution < -0.4 is 24.0 Å². The lowest BCUT2D eigenvalue weighted by Gasteiger charge is -2.36. The van der Waals surface area contributed by atoms with E-state index >= 15 is 0 Å². The smallest absolute Gasteiger partial charge is 0.271 e. The average molecular weight is 894 g/mol. The van der Waals surface area contributed by atoms with E-state index in [9.17, 15) is 16.8 Å². The van der Waals surface area contributed by atoms with Crippen molar-refractivity contribution in [3.8, 4) is 5.75 Å². The predicted octanol–water partition coefficient (Wildman–Crippen LogP) is 8.82. The molecule has 0 unspecified atom stereocenters. The van der Waals surface area contributed by atoms with Gasteiger partial charge in [-0.1, -0.05) is 48.7 Å². The number of thiophene rings is 1. The first-order valence-corrected chi connectivity index (χ1v) is 21.6. The fourth-order valence-electron chi connectivity index (χ4n) is 6.83. The second kappa shape index (κ2) is 20.1. The highest BCUT2D eigenvalue weighted by atomic mass is 35.5. The van der Waals surface area contributed by atoms with Crippen molar-refractivity contribution in [2.24, 2.45) is 0 Å². The van der Waals surface area contributed by atoms with Crippen LogP contribution in [0.25, 0.3) is 20.9 Å². The molecule has 2 N–H and O–H groups in total. The molecule has 0 saturated carbocycles. The van der Waals surface area contributed by atoms with E-state index in [1.807, 2.05) is 62.3 Å². The van der Waals surface area contributed by atoms with Crippen LogP contribution in [-0.2, 0) is 20.0 Å². The fraction of sp³-hybridized carbons (Fsp3) is 0.368. The third-order valence-electron chi connectivity index (χ3n) is 9.57. The molecule has 0 aliphatic carbocycles.